The first kappa shape index (κ1) is 122. The van der Waals surface area contributed by atoms with E-state index in [0.717, 1.165) is 36.4 Å². The van der Waals surface area contributed by atoms with Crippen LogP contribution in [0.3, 0.4) is 0 Å². The maximum absolute atomic E-state index is 13.2. The van der Waals surface area contributed by atoms with Crippen molar-refractivity contribution < 1.29 is 245 Å². The summed E-state index contributed by atoms with van der Waals surface area (Å²) in [5.41, 5.74) is 33.5. The van der Waals surface area contributed by atoms with E-state index in [0.29, 0.717) is 16.7 Å². The van der Waals surface area contributed by atoms with Crippen LogP contribution in [0.15, 0.2) is 121 Å². The molecule has 0 saturated heterocycles. The summed E-state index contributed by atoms with van der Waals surface area (Å²) in [5, 5.41) is 52.9. The minimum absolute atomic E-state index is 0.00259. The molecule has 0 saturated carbocycles. The Morgan fingerprint density at radius 2 is 0.581 bits per heavy atom. The van der Waals surface area contributed by atoms with Crippen molar-refractivity contribution >= 4 is 34.1 Å². The summed E-state index contributed by atoms with van der Waals surface area (Å²) in [5.74, 6) is -18.5. The lowest BCUT2D eigenvalue weighted by Crippen LogP contribution is -2.51. The molecule has 0 amide bonds. The van der Waals surface area contributed by atoms with Crippen molar-refractivity contribution in [2.24, 2.45) is 17.8 Å². The number of halogens is 41. The van der Waals surface area contributed by atoms with E-state index in [1.54, 1.807) is 0 Å². The molecule has 4 unspecified atom stereocenters. The Morgan fingerprint density at radius 1 is 0.323 bits per heavy atom. The summed E-state index contributed by atoms with van der Waals surface area (Å²) < 4.78 is 500. The van der Waals surface area contributed by atoms with E-state index in [1.807, 2.05) is 9.47 Å². The van der Waals surface area contributed by atoms with E-state index in [9.17, 15) is 162 Å². The average Bonchev–Trinajstić information content (AvgIpc) is 0.800. The quantitative estimate of drug-likeness (QED) is 0.00714. The Kier molecular flexibility index (Phi) is 56.5. The largest absolute Gasteiger partial charge is 0.544 e. The third-order valence-electron chi connectivity index (χ3n) is 12.5. The second-order valence-electron chi connectivity index (χ2n) is 21.7. The molecule has 60 heteroatoms. The van der Waals surface area contributed by atoms with Gasteiger partial charge in [0.25, 0.3) is 0 Å². The number of hydrogen-bond acceptors (Lipinski definition) is 19. The van der Waals surface area contributed by atoms with Crippen LogP contribution in [0.1, 0.15) is 36.0 Å². The number of ether oxygens (including phenoxy) is 7. The number of alkyl halides is 32. The predicted molar refractivity (Wildman–Crippen MR) is 349 cm³/mol. The number of phenols is 6. The SMILES string of the molecule is FCCC(CF)C(F)(F)OC(F)(F)OC(F)(F)F.FCCC(CF)C(F)(F)OC(OC(F)(F)F)C(F)(F)C(F)F.FCCC(CF)C(F)(F)OC(OC(F)(F)OC(F)(F)F)=C(F)F.FF.FF.Nc1cc(CF)ccc1O.Nc1cc(CF)ccc1O.Nc1cc(CF)ccc1O.Nc1cc(F)ccc1O.Nc1cc(F)ccc1O.Nc1cc(F)ccc1O. The summed E-state index contributed by atoms with van der Waals surface area (Å²) in [4.78, 5) is 0. The standard InChI is InChI=1S/C9H7F11O3.C9H9F11O2.C7H7F9O2.3C7H8FNO.3C6H6FNO.2F2/c10-2-1-4(3-11)7(14,15)21-6(5(12)13)22-9(19,20)23-8(16,17)18;10-2-1-4(3-11)8(16,17)21-6(22-9(18,19)20)7(14,15)5(12)13;8-2-1-4(3-9)5(10,11)17-7(15,16)18-6(12,13)14;3*8-4-5-1-2-7(10)6(9)3-5;3*7-4-1-2-6(9)5(8)3-4;2*1-2/h4H,1-3H2;4-6H,1-3H2;4H,1-3H2;3*1-3,10H,4,9H2;3*1-3,9H,8H2;;. The first-order valence-electron chi connectivity index (χ1n) is 31.2. The van der Waals surface area contributed by atoms with E-state index >= 15 is 0 Å². The van der Waals surface area contributed by atoms with Gasteiger partial charge >= 0.3 is 74.4 Å². The molecule has 0 spiro atoms. The fourth-order valence-corrected chi connectivity index (χ4v) is 6.65. The van der Waals surface area contributed by atoms with Gasteiger partial charge in [-0.25, -0.2) is 39.9 Å². The molecule has 0 fully saturated rings. The van der Waals surface area contributed by atoms with Crippen molar-refractivity contribution in [3.8, 4) is 34.5 Å². The van der Waals surface area contributed by atoms with Crippen molar-refractivity contribution in [3.63, 3.8) is 0 Å². The van der Waals surface area contributed by atoms with Crippen molar-refractivity contribution in [2.45, 2.75) is 108 Å². The molecule has 6 aromatic carbocycles. The number of phenolic OH excluding ortho intramolecular Hbond substituents is 6. The second-order valence-corrected chi connectivity index (χ2v) is 21.7. The van der Waals surface area contributed by atoms with Gasteiger partial charge in [-0.15, -0.1) is 57.1 Å². The molecule has 19 nitrogen and oxygen atoms in total. The van der Waals surface area contributed by atoms with E-state index in [4.69, 9.17) is 83.3 Å². The van der Waals surface area contributed by atoms with Crippen molar-refractivity contribution in [1.82, 2.24) is 0 Å². The Morgan fingerprint density at radius 3 is 0.798 bits per heavy atom. The molecule has 0 radical (unpaired) electrons. The van der Waals surface area contributed by atoms with E-state index in [-0.39, 0.29) is 68.6 Å². The summed E-state index contributed by atoms with van der Waals surface area (Å²) in [7, 11) is 0. The minimum atomic E-state index is -6.07. The molecular weight excluding hydrogens is 1840 g/mol. The average molecular weight is 1910 g/mol. The van der Waals surface area contributed by atoms with Gasteiger partial charge in [0.05, 0.1) is 71.9 Å². The normalized spacial score (nSPS) is 12.5. The molecule has 18 N–H and O–H groups in total. The molecule has 0 aliphatic rings. The molecule has 4 atom stereocenters. The van der Waals surface area contributed by atoms with Crippen LogP contribution >= 0.6 is 0 Å². The summed E-state index contributed by atoms with van der Waals surface area (Å²) in [6.45, 7) is -12.3. The Balaban J connectivity index is -0.000000436. The highest BCUT2D eigenvalue weighted by molar-refractivity contribution is 5.55. The van der Waals surface area contributed by atoms with Gasteiger partial charge in [0.2, 0.25) is 6.29 Å². The van der Waals surface area contributed by atoms with Crippen molar-refractivity contribution in [1.29, 1.82) is 0 Å². The number of aromatic hydroxyl groups is 6. The van der Waals surface area contributed by atoms with Crippen molar-refractivity contribution in [3.05, 3.63) is 155 Å². The maximum Gasteiger partial charge on any atom is 0.544 e. The van der Waals surface area contributed by atoms with Crippen LogP contribution in [0.25, 0.3) is 0 Å². The van der Waals surface area contributed by atoms with E-state index in [1.165, 1.54) is 72.8 Å². The van der Waals surface area contributed by atoms with Crippen LogP contribution in [0.2, 0.25) is 0 Å². The molecule has 0 heterocycles. The molecular formula is C64H65F41N6O13. The highest BCUT2D eigenvalue weighted by Gasteiger charge is 2.60. The molecule has 0 aromatic heterocycles. The maximum atomic E-state index is 13.2. The highest BCUT2D eigenvalue weighted by Crippen LogP contribution is 2.43. The smallest absolute Gasteiger partial charge is 0.506 e. The molecule has 0 aliphatic carbocycles. The fraction of sp³-hybridized carbons (Fsp3) is 0.406. The van der Waals surface area contributed by atoms with E-state index in [2.05, 4.69) is 23.7 Å². The first-order chi connectivity index (χ1) is 56.8. The number of nitrogen functional groups attached to an aromatic ring is 6. The molecule has 6 aromatic rings. The van der Waals surface area contributed by atoms with Gasteiger partial charge < -0.3 is 74.5 Å². The Hall–Kier alpha value is -10.8. The molecule has 0 aliphatic heterocycles. The van der Waals surface area contributed by atoms with Gasteiger partial charge in [-0.05, 0) is 109 Å². The van der Waals surface area contributed by atoms with E-state index < -0.39 is 195 Å². The van der Waals surface area contributed by atoms with Crippen LogP contribution in [0.4, 0.5) is 215 Å². The molecule has 716 valence electrons. The molecule has 6 rings (SSSR count). The fourth-order valence-electron chi connectivity index (χ4n) is 6.65. The van der Waals surface area contributed by atoms with Gasteiger partial charge in [-0.2, -0.15) is 53.4 Å². The van der Waals surface area contributed by atoms with Gasteiger partial charge in [-0.3, -0.25) is 35.8 Å². The van der Waals surface area contributed by atoms with Gasteiger partial charge in [-0.1, -0.05) is 18.2 Å². The van der Waals surface area contributed by atoms with Gasteiger partial charge in [0, 0.05) is 36.5 Å². The van der Waals surface area contributed by atoms with Crippen molar-refractivity contribution in [2.75, 3.05) is 74.4 Å². The Bertz CT molecular complexity index is 3720. The zero-order chi connectivity index (χ0) is 98.1. The van der Waals surface area contributed by atoms with Crippen LogP contribution in [0, 0.1) is 35.2 Å². The monoisotopic (exact) mass is 1900 g/mol. The second kappa shape index (κ2) is 57.6. The lowest BCUT2D eigenvalue weighted by molar-refractivity contribution is -0.539. The Labute approximate surface area is 667 Å². The van der Waals surface area contributed by atoms with Crippen LogP contribution in [0.5, 0.6) is 34.5 Å². The zero-order valence-corrected chi connectivity index (χ0v) is 60.8. The number of rotatable bonds is 28. The topological polar surface area (TPSA) is 342 Å². The lowest BCUT2D eigenvalue weighted by atomic mass is 10.1. The van der Waals surface area contributed by atoms with Gasteiger partial charge in [0.15, 0.2) is 0 Å². The third-order valence-corrected chi connectivity index (χ3v) is 12.5. The highest BCUT2D eigenvalue weighted by atomic mass is 20.0. The predicted octanol–water partition coefficient (Wildman–Crippen LogP) is 22.0. The van der Waals surface area contributed by atoms with Crippen LogP contribution in [-0.2, 0) is 53.2 Å². The first-order valence-corrected chi connectivity index (χ1v) is 31.2. The summed E-state index contributed by atoms with van der Waals surface area (Å²) >= 11 is 0. The molecule has 0 bridgehead atoms. The summed E-state index contributed by atoms with van der Waals surface area (Å²) in [6.07, 6.45) is -61.3. The number of nitrogens with two attached hydrogens (primary N) is 6. The number of anilines is 6. The third kappa shape index (κ3) is 52.6. The van der Waals surface area contributed by atoms with Gasteiger partial charge in [0.1, 0.15) is 92.0 Å². The number of benzene rings is 6. The van der Waals surface area contributed by atoms with Crippen LogP contribution in [-0.4, -0.2) is 139 Å². The minimum Gasteiger partial charge on any atom is -0.506 e. The summed E-state index contributed by atoms with van der Waals surface area (Å²) in [6, 6.07) is 23.1. The zero-order valence-electron chi connectivity index (χ0n) is 60.8. The number of hydrogen-bond donors (Lipinski definition) is 12. The van der Waals surface area contributed by atoms with Crippen LogP contribution < -0.4 is 34.4 Å². The lowest BCUT2D eigenvalue weighted by Gasteiger charge is -2.32. The molecule has 124 heavy (non-hydrogen) atoms.